The van der Waals surface area contributed by atoms with E-state index in [-0.39, 0.29) is 20.9 Å². The van der Waals surface area contributed by atoms with Crippen LogP contribution in [0.4, 0.5) is 29.3 Å². The Morgan fingerprint density at radius 3 is 2.39 bits per heavy atom. The molecule has 7 nitrogen and oxygen atoms in total. The van der Waals surface area contributed by atoms with Gasteiger partial charge in [-0.25, -0.2) is 4.79 Å². The number of alkyl halides is 3. The molecule has 2 aromatic carbocycles. The van der Waals surface area contributed by atoms with Gasteiger partial charge in [-0.3, -0.25) is 9.78 Å². The van der Waals surface area contributed by atoms with E-state index in [0.717, 1.165) is 6.07 Å². The van der Waals surface area contributed by atoms with Crippen LogP contribution in [-0.4, -0.2) is 24.0 Å². The molecule has 0 aliphatic carbocycles. The zero-order valence-corrected chi connectivity index (χ0v) is 19.5. The minimum atomic E-state index is -4.52. The number of ether oxygens (including phenoxy) is 1. The molecule has 3 rings (SSSR count). The molecule has 0 saturated heterocycles. The van der Waals surface area contributed by atoms with Gasteiger partial charge >= 0.3 is 12.2 Å². The van der Waals surface area contributed by atoms with Crippen LogP contribution in [-0.2, 0) is 6.18 Å². The summed E-state index contributed by atoms with van der Waals surface area (Å²) in [5.41, 5.74) is 0.492. The van der Waals surface area contributed by atoms with E-state index >= 15 is 0 Å². The molecule has 0 aliphatic rings. The number of carbonyl (C=O) groups excluding carboxylic acids is 2. The van der Waals surface area contributed by atoms with Crippen LogP contribution >= 0.6 is 22.6 Å². The van der Waals surface area contributed by atoms with Crippen molar-refractivity contribution in [2.45, 2.75) is 13.1 Å². The van der Waals surface area contributed by atoms with Crippen molar-refractivity contribution in [1.82, 2.24) is 10.3 Å². The second-order valence-electron chi connectivity index (χ2n) is 6.81. The number of benzene rings is 2. The van der Waals surface area contributed by atoms with Crippen LogP contribution < -0.4 is 20.7 Å². The lowest BCUT2D eigenvalue weighted by molar-refractivity contribution is -0.138. The van der Waals surface area contributed by atoms with E-state index in [1.54, 1.807) is 53.8 Å². The van der Waals surface area contributed by atoms with Crippen molar-refractivity contribution < 1.29 is 27.5 Å². The van der Waals surface area contributed by atoms with Crippen molar-refractivity contribution in [1.29, 1.82) is 0 Å². The van der Waals surface area contributed by atoms with Crippen LogP contribution in [0.15, 0.2) is 54.7 Å². The Hall–Kier alpha value is -3.35. The molecule has 0 spiro atoms. The average Bonchev–Trinajstić information content (AvgIpc) is 2.76. The molecule has 11 heteroatoms. The van der Waals surface area contributed by atoms with Gasteiger partial charge in [0.05, 0.1) is 5.56 Å². The first kappa shape index (κ1) is 24.3. The Morgan fingerprint density at radius 1 is 1.00 bits per heavy atom. The van der Waals surface area contributed by atoms with Crippen molar-refractivity contribution >= 4 is 45.9 Å². The number of nitrogens with zero attached hydrogens (tertiary/aromatic N) is 1. The first-order chi connectivity index (χ1) is 15.6. The zero-order valence-electron chi connectivity index (χ0n) is 17.4. The number of hydrogen-bond acceptors (Lipinski definition) is 4. The molecule has 0 bridgehead atoms. The van der Waals surface area contributed by atoms with Gasteiger partial charge in [0.2, 0.25) is 0 Å². The molecular weight excluding hydrogens is 552 g/mol. The second kappa shape index (κ2) is 10.1. The SMILES string of the molecule is CNC(=O)c1cc(Oc2ccc(NC(=O)Nc3ccc(I)c(C(F)(F)F)c3)c(C)c2)ccn1. The van der Waals surface area contributed by atoms with Gasteiger partial charge in [-0.2, -0.15) is 13.2 Å². The van der Waals surface area contributed by atoms with Crippen LogP contribution in [0, 0.1) is 10.5 Å². The molecular formula is C22H18F3IN4O3. The molecule has 3 aromatic rings. The number of anilines is 2. The van der Waals surface area contributed by atoms with Gasteiger partial charge in [0.15, 0.2) is 0 Å². The normalized spacial score (nSPS) is 11.0. The van der Waals surface area contributed by atoms with E-state index in [1.807, 2.05) is 0 Å². The number of nitrogens with one attached hydrogen (secondary N) is 3. The van der Waals surface area contributed by atoms with E-state index < -0.39 is 17.8 Å². The van der Waals surface area contributed by atoms with Crippen LogP contribution in [0.5, 0.6) is 11.5 Å². The largest absolute Gasteiger partial charge is 0.457 e. The van der Waals surface area contributed by atoms with E-state index in [0.29, 0.717) is 22.7 Å². The Bertz CT molecular complexity index is 1200. The van der Waals surface area contributed by atoms with Crippen molar-refractivity contribution in [3.63, 3.8) is 0 Å². The summed E-state index contributed by atoms with van der Waals surface area (Å²) in [5, 5.41) is 7.49. The van der Waals surface area contributed by atoms with Crippen LogP contribution in [0.2, 0.25) is 0 Å². The van der Waals surface area contributed by atoms with Crippen molar-refractivity contribution in [3.8, 4) is 11.5 Å². The second-order valence-corrected chi connectivity index (χ2v) is 7.97. The van der Waals surface area contributed by atoms with E-state index in [4.69, 9.17) is 4.74 Å². The summed E-state index contributed by atoms with van der Waals surface area (Å²) in [6.45, 7) is 1.73. The number of amides is 3. The number of aromatic nitrogens is 1. The van der Waals surface area contributed by atoms with Gasteiger partial charge in [0, 0.05) is 34.3 Å². The first-order valence-corrected chi connectivity index (χ1v) is 10.6. The molecule has 0 unspecified atom stereocenters. The molecule has 0 fully saturated rings. The fourth-order valence-corrected chi connectivity index (χ4v) is 3.45. The highest BCUT2D eigenvalue weighted by molar-refractivity contribution is 14.1. The molecule has 0 atom stereocenters. The van der Waals surface area contributed by atoms with Crippen molar-refractivity contribution in [3.05, 3.63) is 75.1 Å². The van der Waals surface area contributed by atoms with Gasteiger partial charge in [-0.15, -0.1) is 0 Å². The molecule has 33 heavy (non-hydrogen) atoms. The third-order valence-electron chi connectivity index (χ3n) is 4.40. The third kappa shape index (κ3) is 6.34. The van der Waals surface area contributed by atoms with E-state index in [2.05, 4.69) is 20.9 Å². The maximum Gasteiger partial charge on any atom is 0.417 e. The van der Waals surface area contributed by atoms with Gasteiger partial charge in [-0.05, 0) is 77.5 Å². The summed E-state index contributed by atoms with van der Waals surface area (Å²) < 4.78 is 45.0. The van der Waals surface area contributed by atoms with E-state index in [1.165, 1.54) is 31.4 Å². The molecule has 0 radical (unpaired) electrons. The maximum atomic E-state index is 13.1. The number of aryl methyl sites for hydroxylation is 1. The lowest BCUT2D eigenvalue weighted by Gasteiger charge is -2.14. The molecule has 1 heterocycles. The number of halogens is 4. The summed E-state index contributed by atoms with van der Waals surface area (Å²) in [5.74, 6) is 0.512. The zero-order chi connectivity index (χ0) is 24.2. The van der Waals surface area contributed by atoms with Gasteiger partial charge in [0.25, 0.3) is 5.91 Å². The van der Waals surface area contributed by atoms with Crippen LogP contribution in [0.25, 0.3) is 0 Å². The quantitative estimate of drug-likeness (QED) is 0.338. The summed E-state index contributed by atoms with van der Waals surface area (Å²) in [6.07, 6.45) is -3.07. The van der Waals surface area contributed by atoms with Crippen LogP contribution in [0.1, 0.15) is 21.6 Å². The molecule has 1 aromatic heterocycles. The van der Waals surface area contributed by atoms with E-state index in [9.17, 15) is 22.8 Å². The summed E-state index contributed by atoms with van der Waals surface area (Å²) in [4.78, 5) is 28.0. The molecule has 172 valence electrons. The minimum absolute atomic E-state index is 0.0162. The predicted octanol–water partition coefficient (Wildman–Crippen LogP) is 5.81. The highest BCUT2D eigenvalue weighted by Gasteiger charge is 2.33. The third-order valence-corrected chi connectivity index (χ3v) is 5.34. The van der Waals surface area contributed by atoms with Gasteiger partial charge in [-0.1, -0.05) is 0 Å². The molecule has 0 saturated carbocycles. The lowest BCUT2D eigenvalue weighted by atomic mass is 10.2. The van der Waals surface area contributed by atoms with Crippen molar-refractivity contribution in [2.24, 2.45) is 0 Å². The Morgan fingerprint density at radius 2 is 1.73 bits per heavy atom. The highest BCUT2D eigenvalue weighted by atomic mass is 127. The fourth-order valence-electron chi connectivity index (χ4n) is 2.81. The summed E-state index contributed by atoms with van der Waals surface area (Å²) in [7, 11) is 1.50. The van der Waals surface area contributed by atoms with Crippen LogP contribution in [0.3, 0.4) is 0 Å². The first-order valence-electron chi connectivity index (χ1n) is 9.48. The molecule has 0 aliphatic heterocycles. The highest BCUT2D eigenvalue weighted by Crippen LogP contribution is 2.34. The standard InChI is InChI=1S/C22H18F3IN4O3/c1-12-9-14(33-15-7-8-28-19(11-15)20(31)27-2)4-6-18(12)30-21(32)29-13-3-5-17(26)16(10-13)22(23,24)25/h3-11H,1-2H3,(H,27,31)(H2,29,30,32). The van der Waals surface area contributed by atoms with Crippen molar-refractivity contribution in [2.75, 3.05) is 17.7 Å². The summed E-state index contributed by atoms with van der Waals surface area (Å²) in [6, 6.07) is 10.8. The minimum Gasteiger partial charge on any atom is -0.457 e. The number of carbonyl (C=O) groups is 2. The number of rotatable bonds is 5. The Labute approximate surface area is 200 Å². The molecule has 3 amide bonds. The predicted molar refractivity (Wildman–Crippen MR) is 126 cm³/mol. The average molecular weight is 570 g/mol. The Kier molecular flexibility index (Phi) is 7.41. The van der Waals surface area contributed by atoms with Gasteiger partial charge in [0.1, 0.15) is 17.2 Å². The summed E-state index contributed by atoms with van der Waals surface area (Å²) >= 11 is 1.59. The number of urea groups is 1. The fraction of sp³-hybridized carbons (Fsp3) is 0.136. The maximum absolute atomic E-state index is 13.1. The lowest BCUT2D eigenvalue weighted by Crippen LogP contribution is -2.20. The van der Waals surface area contributed by atoms with Gasteiger partial charge < -0.3 is 20.7 Å². The smallest absolute Gasteiger partial charge is 0.417 e. The number of pyridine rings is 1. The monoisotopic (exact) mass is 570 g/mol. The Balaban J connectivity index is 1.68. The topological polar surface area (TPSA) is 92.4 Å². The molecule has 3 N–H and O–H groups in total. The number of hydrogen-bond donors (Lipinski definition) is 3.